The van der Waals surface area contributed by atoms with Crippen molar-refractivity contribution in [1.29, 1.82) is 0 Å². The number of nitrogens with zero attached hydrogens (tertiary/aromatic N) is 2. The maximum absolute atomic E-state index is 13.9. The van der Waals surface area contributed by atoms with Crippen LogP contribution in [0.25, 0.3) is 0 Å². The van der Waals surface area contributed by atoms with Crippen LogP contribution in [0.15, 0.2) is 88.2 Å². The van der Waals surface area contributed by atoms with Gasteiger partial charge in [-0.05, 0) is 63.1 Å². The Labute approximate surface area is 240 Å². The molecule has 0 aliphatic rings. The van der Waals surface area contributed by atoms with E-state index >= 15 is 0 Å². The fourth-order valence-electron chi connectivity index (χ4n) is 4.10. The molecule has 0 radical (unpaired) electrons. The molecule has 2 amide bonds. The lowest BCUT2D eigenvalue weighted by Gasteiger charge is -2.34. The summed E-state index contributed by atoms with van der Waals surface area (Å²) in [6, 6.07) is 22.6. The smallest absolute Gasteiger partial charge is 0.243 e. The Kier molecular flexibility index (Phi) is 10.1. The highest BCUT2D eigenvalue weighted by Gasteiger charge is 2.34. The van der Waals surface area contributed by atoms with Crippen LogP contribution in [0.2, 0.25) is 0 Å². The van der Waals surface area contributed by atoms with Gasteiger partial charge in [-0.15, -0.1) is 0 Å². The molecule has 1 atom stereocenters. The second kappa shape index (κ2) is 12.9. The van der Waals surface area contributed by atoms with Gasteiger partial charge in [0.15, 0.2) is 0 Å². The predicted molar refractivity (Wildman–Crippen MR) is 158 cm³/mol. The molecule has 0 unspecified atom stereocenters. The van der Waals surface area contributed by atoms with E-state index in [1.165, 1.54) is 24.1 Å². The third kappa shape index (κ3) is 8.74. The van der Waals surface area contributed by atoms with Gasteiger partial charge in [-0.3, -0.25) is 9.59 Å². The van der Waals surface area contributed by atoms with E-state index in [1.54, 1.807) is 12.1 Å². The summed E-state index contributed by atoms with van der Waals surface area (Å²) in [5.74, 6) is -0.781. The standard InChI is InChI=1S/C30H36BrN3O4S/c1-22-14-16-26(17-15-22)39(37,38)33(5)21-28(35)34(20-24-12-9-13-25(31)18-24)27(29(36)32-30(2,3)4)19-23-10-7-6-8-11-23/h6-18,27H,19-21H2,1-5H3,(H,32,36)/t27-/m1/s1. The maximum Gasteiger partial charge on any atom is 0.243 e. The first-order valence-electron chi connectivity index (χ1n) is 12.7. The second-order valence-corrected chi connectivity index (χ2v) is 13.6. The number of carbonyl (C=O) groups is 2. The first-order valence-corrected chi connectivity index (χ1v) is 14.9. The zero-order chi connectivity index (χ0) is 28.8. The number of aryl methyl sites for hydroxylation is 1. The minimum atomic E-state index is -3.92. The number of likely N-dealkylation sites (N-methyl/N-ethyl adjacent to an activating group) is 1. The van der Waals surface area contributed by atoms with E-state index in [9.17, 15) is 18.0 Å². The van der Waals surface area contributed by atoms with Gasteiger partial charge in [-0.1, -0.05) is 76.1 Å². The van der Waals surface area contributed by atoms with E-state index in [-0.39, 0.29) is 23.8 Å². The minimum absolute atomic E-state index is 0.105. The van der Waals surface area contributed by atoms with E-state index < -0.39 is 34.1 Å². The summed E-state index contributed by atoms with van der Waals surface area (Å²) < 4.78 is 28.4. The third-order valence-electron chi connectivity index (χ3n) is 6.10. The van der Waals surface area contributed by atoms with Crippen molar-refractivity contribution in [3.63, 3.8) is 0 Å². The Hall–Kier alpha value is -3.01. The molecule has 0 aromatic heterocycles. The van der Waals surface area contributed by atoms with Crippen LogP contribution in [-0.2, 0) is 32.6 Å². The molecule has 3 rings (SSSR count). The van der Waals surface area contributed by atoms with E-state index in [0.29, 0.717) is 0 Å². The normalized spacial score (nSPS) is 12.7. The van der Waals surface area contributed by atoms with Gasteiger partial charge in [0, 0.05) is 30.0 Å². The quantitative estimate of drug-likeness (QED) is 0.351. The summed E-state index contributed by atoms with van der Waals surface area (Å²) in [5.41, 5.74) is 2.10. The molecule has 3 aromatic rings. The molecule has 0 bridgehead atoms. The van der Waals surface area contributed by atoms with Crippen LogP contribution < -0.4 is 5.32 Å². The average Bonchev–Trinajstić information content (AvgIpc) is 2.86. The molecular weight excluding hydrogens is 578 g/mol. The van der Waals surface area contributed by atoms with Gasteiger partial charge in [0.05, 0.1) is 11.4 Å². The molecular formula is C30H36BrN3O4S. The highest BCUT2D eigenvalue weighted by molar-refractivity contribution is 9.10. The number of amides is 2. The molecule has 0 saturated heterocycles. The zero-order valence-electron chi connectivity index (χ0n) is 23.0. The number of hydrogen-bond acceptors (Lipinski definition) is 4. The fourth-order valence-corrected chi connectivity index (χ4v) is 5.66. The Morgan fingerprint density at radius 1 is 0.923 bits per heavy atom. The summed E-state index contributed by atoms with van der Waals surface area (Å²) >= 11 is 3.48. The van der Waals surface area contributed by atoms with Gasteiger partial charge >= 0.3 is 0 Å². The van der Waals surface area contributed by atoms with Crippen LogP contribution in [0, 0.1) is 6.92 Å². The van der Waals surface area contributed by atoms with Gasteiger partial charge in [0.2, 0.25) is 21.8 Å². The predicted octanol–water partition coefficient (Wildman–Crippen LogP) is 4.93. The first kappa shape index (κ1) is 30.5. The molecule has 0 aliphatic carbocycles. The van der Waals surface area contributed by atoms with E-state index in [0.717, 1.165) is 25.5 Å². The maximum atomic E-state index is 13.9. The van der Waals surface area contributed by atoms with Crippen LogP contribution in [0.3, 0.4) is 0 Å². The molecule has 9 heteroatoms. The van der Waals surface area contributed by atoms with E-state index in [2.05, 4.69) is 21.2 Å². The fraction of sp³-hybridized carbons (Fsp3) is 0.333. The highest BCUT2D eigenvalue weighted by Crippen LogP contribution is 2.20. The highest BCUT2D eigenvalue weighted by atomic mass is 79.9. The molecule has 1 N–H and O–H groups in total. The molecule has 0 fully saturated rings. The average molecular weight is 615 g/mol. The lowest BCUT2D eigenvalue weighted by atomic mass is 10.0. The van der Waals surface area contributed by atoms with Crippen LogP contribution in [0.4, 0.5) is 0 Å². The number of halogens is 1. The van der Waals surface area contributed by atoms with Gasteiger partial charge in [0.25, 0.3) is 0 Å². The van der Waals surface area contributed by atoms with Gasteiger partial charge in [0.1, 0.15) is 6.04 Å². The number of sulfonamides is 1. The Morgan fingerprint density at radius 2 is 1.54 bits per heavy atom. The number of carbonyl (C=O) groups excluding carboxylic acids is 2. The largest absolute Gasteiger partial charge is 0.350 e. The van der Waals surface area contributed by atoms with Gasteiger partial charge in [-0.25, -0.2) is 8.42 Å². The molecule has 0 spiro atoms. The number of benzene rings is 3. The lowest BCUT2D eigenvalue weighted by Crippen LogP contribution is -2.56. The van der Waals surface area contributed by atoms with E-state index in [1.807, 2.05) is 82.3 Å². The second-order valence-electron chi connectivity index (χ2n) is 10.7. The van der Waals surface area contributed by atoms with Gasteiger partial charge < -0.3 is 10.2 Å². The van der Waals surface area contributed by atoms with Gasteiger partial charge in [-0.2, -0.15) is 4.31 Å². The van der Waals surface area contributed by atoms with Crippen LogP contribution in [-0.4, -0.2) is 54.6 Å². The summed E-state index contributed by atoms with van der Waals surface area (Å²) in [5, 5.41) is 3.01. The SMILES string of the molecule is Cc1ccc(S(=O)(=O)N(C)CC(=O)N(Cc2cccc(Br)c2)[C@H](Cc2ccccc2)C(=O)NC(C)(C)C)cc1. The van der Waals surface area contributed by atoms with Crippen molar-refractivity contribution in [1.82, 2.24) is 14.5 Å². The summed E-state index contributed by atoms with van der Waals surface area (Å²) in [6.45, 7) is 7.23. The molecule has 0 aliphatic heterocycles. The molecule has 39 heavy (non-hydrogen) atoms. The topological polar surface area (TPSA) is 86.8 Å². The molecule has 0 saturated carbocycles. The number of hydrogen-bond donors (Lipinski definition) is 1. The molecule has 0 heterocycles. The lowest BCUT2D eigenvalue weighted by molar-refractivity contribution is -0.141. The molecule has 3 aromatic carbocycles. The van der Waals surface area contributed by atoms with Crippen LogP contribution >= 0.6 is 15.9 Å². The van der Waals surface area contributed by atoms with Crippen LogP contribution in [0.1, 0.15) is 37.5 Å². The third-order valence-corrected chi connectivity index (χ3v) is 8.41. The van der Waals surface area contributed by atoms with Crippen molar-refractivity contribution >= 4 is 37.8 Å². The number of rotatable bonds is 10. The first-order chi connectivity index (χ1) is 18.3. The molecule has 7 nitrogen and oxygen atoms in total. The van der Waals surface area contributed by atoms with Crippen molar-refractivity contribution < 1.29 is 18.0 Å². The Bertz CT molecular complexity index is 1390. The van der Waals surface area contributed by atoms with Crippen molar-refractivity contribution in [3.8, 4) is 0 Å². The summed E-state index contributed by atoms with van der Waals surface area (Å²) in [6.07, 6.45) is 0.275. The van der Waals surface area contributed by atoms with Crippen molar-refractivity contribution in [2.75, 3.05) is 13.6 Å². The summed E-state index contributed by atoms with van der Waals surface area (Å²) in [7, 11) is -2.54. The number of nitrogens with one attached hydrogen (secondary N) is 1. The Balaban J connectivity index is 1.99. The van der Waals surface area contributed by atoms with Crippen molar-refractivity contribution in [2.24, 2.45) is 0 Å². The van der Waals surface area contributed by atoms with Crippen LogP contribution in [0.5, 0.6) is 0 Å². The van der Waals surface area contributed by atoms with E-state index in [4.69, 9.17) is 0 Å². The Morgan fingerprint density at radius 3 is 2.13 bits per heavy atom. The zero-order valence-corrected chi connectivity index (χ0v) is 25.4. The van der Waals surface area contributed by atoms with Crippen molar-refractivity contribution in [3.05, 3.63) is 100 Å². The minimum Gasteiger partial charge on any atom is -0.350 e. The summed E-state index contributed by atoms with van der Waals surface area (Å²) in [4.78, 5) is 29.1. The molecule has 208 valence electrons. The van der Waals surface area contributed by atoms with Crippen molar-refractivity contribution in [2.45, 2.75) is 57.1 Å². The monoisotopic (exact) mass is 613 g/mol.